The second kappa shape index (κ2) is 9.70. The maximum absolute atomic E-state index is 2.22. The summed E-state index contributed by atoms with van der Waals surface area (Å²) in [6.07, 6.45) is 6.78. The van der Waals surface area contributed by atoms with Gasteiger partial charge in [0.1, 0.15) is 0 Å². The van der Waals surface area contributed by atoms with Gasteiger partial charge in [0.2, 0.25) is 0 Å². The van der Waals surface area contributed by atoms with Crippen LogP contribution in [-0.2, 0) is 6.42 Å². The molecule has 1 aromatic carbocycles. The van der Waals surface area contributed by atoms with E-state index in [1.807, 2.05) is 13.8 Å². The van der Waals surface area contributed by atoms with E-state index in [2.05, 4.69) is 64.1 Å². The summed E-state index contributed by atoms with van der Waals surface area (Å²) in [6.45, 7) is 12.5. The van der Waals surface area contributed by atoms with E-state index >= 15 is 0 Å². The molecule has 0 nitrogen and oxygen atoms in total. The van der Waals surface area contributed by atoms with Gasteiger partial charge in [0, 0.05) is 0 Å². The van der Waals surface area contributed by atoms with Crippen molar-refractivity contribution >= 4 is 5.57 Å². The zero-order valence-corrected chi connectivity index (χ0v) is 12.9. The van der Waals surface area contributed by atoms with Crippen LogP contribution in [0.15, 0.2) is 42.0 Å². The average molecular weight is 244 g/mol. The highest BCUT2D eigenvalue weighted by Crippen LogP contribution is 2.35. The zero-order chi connectivity index (χ0) is 14.0. The summed E-state index contributed by atoms with van der Waals surface area (Å²) in [5.41, 5.74) is 5.75. The first-order chi connectivity index (χ1) is 8.78. The Morgan fingerprint density at radius 2 is 1.56 bits per heavy atom. The van der Waals surface area contributed by atoms with Crippen molar-refractivity contribution in [1.82, 2.24) is 0 Å². The normalized spacial score (nSPS) is 16.6. The molecule has 0 atom stereocenters. The minimum atomic E-state index is 1.10. The molecule has 0 aromatic heterocycles. The Morgan fingerprint density at radius 1 is 1.00 bits per heavy atom. The quantitative estimate of drug-likeness (QED) is 0.522. The summed E-state index contributed by atoms with van der Waals surface area (Å²) < 4.78 is 0. The number of fused-ring (bicyclic) bond motifs is 1. The number of rotatable bonds is 0. The van der Waals surface area contributed by atoms with Gasteiger partial charge < -0.3 is 0 Å². The number of benzene rings is 1. The van der Waals surface area contributed by atoms with Crippen molar-refractivity contribution in [2.24, 2.45) is 0 Å². The maximum atomic E-state index is 2.22. The molecule has 0 spiro atoms. The molecule has 0 heterocycles. The van der Waals surface area contributed by atoms with Gasteiger partial charge in [-0.15, -0.1) is 0 Å². The monoisotopic (exact) mass is 244 g/mol. The van der Waals surface area contributed by atoms with Gasteiger partial charge in [0.25, 0.3) is 0 Å². The molecule has 1 aliphatic rings. The van der Waals surface area contributed by atoms with Gasteiger partial charge in [-0.05, 0) is 42.5 Å². The molecule has 0 amide bonds. The van der Waals surface area contributed by atoms with Crippen molar-refractivity contribution in [3.8, 4) is 0 Å². The summed E-state index contributed by atoms with van der Waals surface area (Å²) >= 11 is 0. The molecule has 18 heavy (non-hydrogen) atoms. The molecule has 0 heteroatoms. The predicted octanol–water partition coefficient (Wildman–Crippen LogP) is 6.03. The Balaban J connectivity index is 0.000000509. The molecule has 0 unspecified atom stereocenters. The third-order valence-corrected chi connectivity index (χ3v) is 2.67. The van der Waals surface area contributed by atoms with Crippen LogP contribution in [0.2, 0.25) is 0 Å². The lowest BCUT2D eigenvalue weighted by molar-refractivity contribution is 1.09. The summed E-state index contributed by atoms with van der Waals surface area (Å²) in [6, 6.07) is 8.65. The molecule has 1 aromatic rings. The molecule has 0 saturated carbocycles. The van der Waals surface area contributed by atoms with E-state index in [0.29, 0.717) is 0 Å². The lowest BCUT2D eigenvalue weighted by Crippen LogP contribution is -1.78. The van der Waals surface area contributed by atoms with Crippen molar-refractivity contribution in [3.63, 3.8) is 0 Å². The van der Waals surface area contributed by atoms with E-state index in [4.69, 9.17) is 0 Å². The van der Waals surface area contributed by atoms with Crippen LogP contribution in [0.4, 0.5) is 0 Å². The Morgan fingerprint density at radius 3 is 2.06 bits per heavy atom. The first-order valence-electron chi connectivity index (χ1n) is 7.18. The predicted molar refractivity (Wildman–Crippen MR) is 84.9 cm³/mol. The van der Waals surface area contributed by atoms with Crippen LogP contribution >= 0.6 is 0 Å². The number of hydrogen-bond donors (Lipinski definition) is 0. The summed E-state index contributed by atoms with van der Waals surface area (Å²) in [5.74, 6) is 0. The van der Waals surface area contributed by atoms with E-state index in [9.17, 15) is 0 Å². The fourth-order valence-electron chi connectivity index (χ4n) is 2.01. The van der Waals surface area contributed by atoms with Crippen molar-refractivity contribution in [2.45, 2.75) is 54.4 Å². The fourth-order valence-corrected chi connectivity index (χ4v) is 2.01. The van der Waals surface area contributed by atoms with Gasteiger partial charge in [-0.3, -0.25) is 0 Å². The third-order valence-electron chi connectivity index (χ3n) is 2.67. The van der Waals surface area contributed by atoms with Gasteiger partial charge in [-0.2, -0.15) is 0 Å². The van der Waals surface area contributed by atoms with Crippen molar-refractivity contribution in [3.05, 3.63) is 53.1 Å². The molecule has 0 bridgehead atoms. The molecule has 100 valence electrons. The highest BCUT2D eigenvalue weighted by Gasteiger charge is 2.18. The van der Waals surface area contributed by atoms with Crippen LogP contribution in [0.5, 0.6) is 0 Å². The topological polar surface area (TPSA) is 0 Å². The molecule has 0 saturated heterocycles. The average Bonchev–Trinajstić information content (AvgIpc) is 2.79. The summed E-state index contributed by atoms with van der Waals surface area (Å²) in [7, 11) is 0. The van der Waals surface area contributed by atoms with Crippen LogP contribution in [-0.4, -0.2) is 0 Å². The van der Waals surface area contributed by atoms with E-state index < -0.39 is 0 Å². The molecular formula is C18H28. The standard InChI is InChI=1S/C13H14.C3H8.C2H6/c1-3-10-9-11-7-5-6-8-13(11)12(10)4-2;1-3-2;1-2/h3-8H,9H2,1-2H3;3H2,1-2H3;1-2H3/b10-3-,12-4+;;. The third kappa shape index (κ3) is 4.18. The molecule has 0 radical (unpaired) electrons. The minimum absolute atomic E-state index is 1.10. The first-order valence-corrected chi connectivity index (χ1v) is 7.18. The molecule has 0 N–H and O–H groups in total. The Labute approximate surface area is 113 Å². The van der Waals surface area contributed by atoms with Gasteiger partial charge in [0.15, 0.2) is 0 Å². The highest BCUT2D eigenvalue weighted by molar-refractivity contribution is 5.85. The summed E-state index contributed by atoms with van der Waals surface area (Å²) in [4.78, 5) is 0. The lowest BCUT2D eigenvalue weighted by Gasteiger charge is -1.99. The molecule has 0 aliphatic heterocycles. The van der Waals surface area contributed by atoms with Crippen LogP contribution in [0.3, 0.4) is 0 Å². The number of allylic oxidation sites excluding steroid dienone is 4. The molecule has 1 aliphatic carbocycles. The Kier molecular flexibility index (Phi) is 9.00. The minimum Gasteiger partial charge on any atom is -0.0835 e. The lowest BCUT2D eigenvalue weighted by atomic mass is 10.1. The second-order valence-corrected chi connectivity index (χ2v) is 4.06. The van der Waals surface area contributed by atoms with Crippen LogP contribution in [0, 0.1) is 0 Å². The molecule has 0 fully saturated rings. The van der Waals surface area contributed by atoms with Crippen molar-refractivity contribution in [1.29, 1.82) is 0 Å². The van der Waals surface area contributed by atoms with Crippen molar-refractivity contribution < 1.29 is 0 Å². The van der Waals surface area contributed by atoms with Crippen LogP contribution in [0.25, 0.3) is 5.57 Å². The molecule has 2 rings (SSSR count). The SMILES string of the molecule is C/C=C1/Cc2ccccc2/C1=C/C.CC.CCC. The highest BCUT2D eigenvalue weighted by atomic mass is 14.2. The van der Waals surface area contributed by atoms with Crippen LogP contribution in [0.1, 0.15) is 59.1 Å². The van der Waals surface area contributed by atoms with E-state index in [-0.39, 0.29) is 0 Å². The van der Waals surface area contributed by atoms with Gasteiger partial charge >= 0.3 is 0 Å². The van der Waals surface area contributed by atoms with Crippen molar-refractivity contribution in [2.75, 3.05) is 0 Å². The van der Waals surface area contributed by atoms with E-state index in [0.717, 1.165) is 6.42 Å². The zero-order valence-electron chi connectivity index (χ0n) is 12.9. The maximum Gasteiger partial charge on any atom is -0.00168 e. The smallest absolute Gasteiger partial charge is 0.00168 e. The van der Waals surface area contributed by atoms with E-state index in [1.54, 1.807) is 0 Å². The van der Waals surface area contributed by atoms with Gasteiger partial charge in [0.05, 0.1) is 0 Å². The first kappa shape index (κ1) is 16.7. The molecular weight excluding hydrogens is 216 g/mol. The summed E-state index contributed by atoms with van der Waals surface area (Å²) in [5, 5.41) is 0. The Hall–Kier alpha value is -1.30. The van der Waals surface area contributed by atoms with E-state index in [1.165, 1.54) is 28.7 Å². The Bertz CT molecular complexity index is 394. The number of hydrogen-bond acceptors (Lipinski definition) is 0. The second-order valence-electron chi connectivity index (χ2n) is 4.06. The van der Waals surface area contributed by atoms with Gasteiger partial charge in [-0.25, -0.2) is 0 Å². The largest absolute Gasteiger partial charge is 0.0835 e. The van der Waals surface area contributed by atoms with Crippen LogP contribution < -0.4 is 0 Å². The fraction of sp³-hybridized carbons (Fsp3) is 0.444. The van der Waals surface area contributed by atoms with Gasteiger partial charge in [-0.1, -0.05) is 70.5 Å².